The molecule has 0 fully saturated rings. The van der Waals surface area contributed by atoms with Gasteiger partial charge in [-0.2, -0.15) is 5.10 Å². The molecule has 25 heavy (non-hydrogen) atoms. The number of aromatic amines is 1. The van der Waals surface area contributed by atoms with E-state index in [1.165, 1.54) is 0 Å². The van der Waals surface area contributed by atoms with Crippen LogP contribution in [0.15, 0.2) is 69.4 Å². The lowest BCUT2D eigenvalue weighted by Crippen LogP contribution is -2.32. The first kappa shape index (κ1) is 15.1. The summed E-state index contributed by atoms with van der Waals surface area (Å²) in [5.41, 5.74) is 1.46. The second-order valence-electron chi connectivity index (χ2n) is 5.72. The first-order valence-electron chi connectivity index (χ1n) is 8.05. The van der Waals surface area contributed by atoms with Crippen molar-refractivity contribution in [3.8, 4) is 0 Å². The zero-order chi connectivity index (χ0) is 17.4. The maximum atomic E-state index is 12.5. The van der Waals surface area contributed by atoms with Gasteiger partial charge in [-0.05, 0) is 25.1 Å². The monoisotopic (exact) mass is 332 g/mol. The molecule has 0 aliphatic heterocycles. The van der Waals surface area contributed by atoms with Crippen LogP contribution in [0.2, 0.25) is 0 Å². The lowest BCUT2D eigenvalue weighted by Gasteiger charge is -2.00. The number of aryl methyl sites for hydroxylation is 1. The fraction of sp³-hybridized carbons (Fsp3) is 0.105. The SMILES string of the molecule is CCn1cc(C=Nn2c(=O)[nH]c3ccccc3c2=O)c2ccccc21. The number of hydrogen-bond acceptors (Lipinski definition) is 3. The Kier molecular flexibility index (Phi) is 3.57. The lowest BCUT2D eigenvalue weighted by atomic mass is 10.2. The predicted molar refractivity (Wildman–Crippen MR) is 99.4 cm³/mol. The van der Waals surface area contributed by atoms with Crippen molar-refractivity contribution >= 4 is 28.0 Å². The van der Waals surface area contributed by atoms with Crippen molar-refractivity contribution in [2.24, 2.45) is 5.10 Å². The standard InChI is InChI=1S/C19H16N4O2/c1-2-22-12-13(14-7-4-6-10-17(14)22)11-20-23-18(24)15-8-3-5-9-16(15)21-19(23)25/h3-12H,2H2,1H3,(H,21,25). The Hall–Kier alpha value is -3.41. The largest absolute Gasteiger partial charge is 0.349 e. The van der Waals surface area contributed by atoms with Gasteiger partial charge in [0.25, 0.3) is 5.56 Å². The Morgan fingerprint density at radius 3 is 2.56 bits per heavy atom. The molecule has 2 aromatic carbocycles. The number of H-pyrrole nitrogens is 1. The average Bonchev–Trinajstić information content (AvgIpc) is 3.00. The number of rotatable bonds is 3. The van der Waals surface area contributed by atoms with Gasteiger partial charge >= 0.3 is 5.69 Å². The summed E-state index contributed by atoms with van der Waals surface area (Å²) >= 11 is 0. The highest BCUT2D eigenvalue weighted by molar-refractivity contribution is 5.99. The van der Waals surface area contributed by atoms with Gasteiger partial charge in [0.05, 0.1) is 17.1 Å². The highest BCUT2D eigenvalue weighted by Crippen LogP contribution is 2.19. The van der Waals surface area contributed by atoms with Crippen LogP contribution in [-0.4, -0.2) is 20.4 Å². The smallest absolute Gasteiger partial charge is 0.347 e. The first-order chi connectivity index (χ1) is 12.2. The van der Waals surface area contributed by atoms with Crippen LogP contribution in [0.1, 0.15) is 12.5 Å². The zero-order valence-corrected chi connectivity index (χ0v) is 13.6. The van der Waals surface area contributed by atoms with E-state index in [2.05, 4.69) is 21.6 Å². The van der Waals surface area contributed by atoms with E-state index in [0.29, 0.717) is 10.9 Å². The van der Waals surface area contributed by atoms with E-state index in [1.807, 2.05) is 30.5 Å². The van der Waals surface area contributed by atoms with Crippen molar-refractivity contribution in [1.29, 1.82) is 0 Å². The first-order valence-corrected chi connectivity index (χ1v) is 8.05. The third kappa shape index (κ3) is 2.48. The lowest BCUT2D eigenvalue weighted by molar-refractivity contribution is 0.770. The Bertz CT molecular complexity index is 1230. The summed E-state index contributed by atoms with van der Waals surface area (Å²) in [4.78, 5) is 27.4. The minimum absolute atomic E-state index is 0.426. The molecule has 4 rings (SSSR count). The normalized spacial score (nSPS) is 11.7. The summed E-state index contributed by atoms with van der Waals surface area (Å²) in [5, 5.41) is 5.60. The van der Waals surface area contributed by atoms with Crippen LogP contribution in [0.3, 0.4) is 0 Å². The van der Waals surface area contributed by atoms with Crippen molar-refractivity contribution in [2.45, 2.75) is 13.5 Å². The van der Waals surface area contributed by atoms with Crippen LogP contribution >= 0.6 is 0 Å². The van der Waals surface area contributed by atoms with Crippen LogP contribution < -0.4 is 11.2 Å². The minimum Gasteiger partial charge on any atom is -0.347 e. The number of benzene rings is 2. The van der Waals surface area contributed by atoms with Gasteiger partial charge in [0.2, 0.25) is 0 Å². The molecule has 2 heterocycles. The highest BCUT2D eigenvalue weighted by atomic mass is 16.2. The molecule has 0 amide bonds. The van der Waals surface area contributed by atoms with Crippen LogP contribution in [-0.2, 0) is 6.54 Å². The molecule has 2 aromatic heterocycles. The fourth-order valence-electron chi connectivity index (χ4n) is 3.02. The van der Waals surface area contributed by atoms with Crippen molar-refractivity contribution < 1.29 is 0 Å². The van der Waals surface area contributed by atoms with Crippen LogP contribution in [0.4, 0.5) is 0 Å². The Morgan fingerprint density at radius 1 is 1.04 bits per heavy atom. The topological polar surface area (TPSA) is 72.2 Å². The van der Waals surface area contributed by atoms with E-state index in [9.17, 15) is 9.59 Å². The van der Waals surface area contributed by atoms with Gasteiger partial charge in [0.15, 0.2) is 0 Å². The molecule has 0 unspecified atom stereocenters. The molecule has 0 aliphatic carbocycles. The van der Waals surface area contributed by atoms with Gasteiger partial charge in [0.1, 0.15) is 0 Å². The van der Waals surface area contributed by atoms with Crippen molar-refractivity contribution in [3.05, 3.63) is 81.1 Å². The second-order valence-corrected chi connectivity index (χ2v) is 5.72. The highest BCUT2D eigenvalue weighted by Gasteiger charge is 2.08. The summed E-state index contributed by atoms with van der Waals surface area (Å²) in [6, 6.07) is 14.9. The summed E-state index contributed by atoms with van der Waals surface area (Å²) in [6.45, 7) is 2.89. The van der Waals surface area contributed by atoms with E-state index >= 15 is 0 Å². The molecule has 0 spiro atoms. The van der Waals surface area contributed by atoms with Gasteiger partial charge in [-0.25, -0.2) is 4.79 Å². The third-order valence-corrected chi connectivity index (χ3v) is 4.26. The molecule has 0 radical (unpaired) electrons. The van der Waals surface area contributed by atoms with Crippen LogP contribution in [0, 0.1) is 0 Å². The molecule has 0 saturated heterocycles. The average molecular weight is 332 g/mol. The number of aromatic nitrogens is 3. The van der Waals surface area contributed by atoms with Gasteiger partial charge in [-0.15, -0.1) is 4.68 Å². The maximum absolute atomic E-state index is 12.5. The number of nitrogens with zero attached hydrogens (tertiary/aromatic N) is 3. The summed E-state index contributed by atoms with van der Waals surface area (Å²) in [5.74, 6) is 0. The summed E-state index contributed by atoms with van der Waals surface area (Å²) in [7, 11) is 0. The number of fused-ring (bicyclic) bond motifs is 2. The maximum Gasteiger partial charge on any atom is 0.349 e. The van der Waals surface area contributed by atoms with Crippen LogP contribution in [0.25, 0.3) is 21.8 Å². The quantitative estimate of drug-likeness (QED) is 0.586. The zero-order valence-electron chi connectivity index (χ0n) is 13.6. The Labute approximate surface area is 142 Å². The van der Waals surface area contributed by atoms with E-state index in [0.717, 1.165) is 27.7 Å². The Balaban J connectivity index is 1.88. The second kappa shape index (κ2) is 5.90. The molecule has 124 valence electrons. The van der Waals surface area contributed by atoms with Gasteiger partial charge in [0, 0.05) is 29.2 Å². The number of nitrogens with one attached hydrogen (secondary N) is 1. The van der Waals surface area contributed by atoms with E-state index in [1.54, 1.807) is 30.5 Å². The minimum atomic E-state index is -0.556. The van der Waals surface area contributed by atoms with Gasteiger partial charge < -0.3 is 9.55 Å². The van der Waals surface area contributed by atoms with Crippen molar-refractivity contribution in [2.75, 3.05) is 0 Å². The van der Waals surface area contributed by atoms with Crippen LogP contribution in [0.5, 0.6) is 0 Å². The third-order valence-electron chi connectivity index (χ3n) is 4.26. The van der Waals surface area contributed by atoms with E-state index in [-0.39, 0.29) is 0 Å². The molecule has 6 heteroatoms. The number of para-hydroxylation sites is 2. The molecule has 0 atom stereocenters. The molecule has 0 aliphatic rings. The number of hydrogen-bond donors (Lipinski definition) is 1. The van der Waals surface area contributed by atoms with Crippen molar-refractivity contribution in [1.82, 2.24) is 14.2 Å². The fourth-order valence-corrected chi connectivity index (χ4v) is 3.02. The Morgan fingerprint density at radius 2 is 1.76 bits per heavy atom. The molecule has 4 aromatic rings. The van der Waals surface area contributed by atoms with Gasteiger partial charge in [-0.3, -0.25) is 4.79 Å². The molecule has 0 bridgehead atoms. The van der Waals surface area contributed by atoms with E-state index < -0.39 is 11.2 Å². The van der Waals surface area contributed by atoms with E-state index in [4.69, 9.17) is 0 Å². The molecular weight excluding hydrogens is 316 g/mol. The predicted octanol–water partition coefficient (Wildman–Crippen LogP) is 2.55. The molecule has 1 N–H and O–H groups in total. The molecule has 6 nitrogen and oxygen atoms in total. The molecule has 0 saturated carbocycles. The van der Waals surface area contributed by atoms with Gasteiger partial charge in [-0.1, -0.05) is 30.3 Å². The summed E-state index contributed by atoms with van der Waals surface area (Å²) < 4.78 is 2.96. The molecular formula is C19H16N4O2. The summed E-state index contributed by atoms with van der Waals surface area (Å²) in [6.07, 6.45) is 3.52. The van der Waals surface area contributed by atoms with Crippen molar-refractivity contribution in [3.63, 3.8) is 0 Å².